The Morgan fingerprint density at radius 3 is 2.43 bits per heavy atom. The molecule has 0 radical (unpaired) electrons. The summed E-state index contributed by atoms with van der Waals surface area (Å²) < 4.78 is 16.7. The van der Waals surface area contributed by atoms with Crippen LogP contribution in [-0.4, -0.2) is 24.7 Å². The van der Waals surface area contributed by atoms with Gasteiger partial charge in [0.15, 0.2) is 0 Å². The molecule has 5 heteroatoms. The quantitative estimate of drug-likeness (QED) is 0.410. The Morgan fingerprint density at radius 2 is 1.67 bits per heavy atom. The number of rotatable bonds is 7. The fraction of sp³-hybridized carbons (Fsp3) is 0.160. The van der Waals surface area contributed by atoms with Gasteiger partial charge in [0, 0.05) is 22.0 Å². The van der Waals surface area contributed by atoms with Crippen molar-refractivity contribution in [1.82, 2.24) is 4.98 Å². The SMILES string of the molecule is CCOC(=O)c1[nH]c2ccccc2c1-c1ccccc1OCc1ccc(OC)cc1. The van der Waals surface area contributed by atoms with Crippen LogP contribution in [0.15, 0.2) is 72.8 Å². The molecule has 30 heavy (non-hydrogen) atoms. The van der Waals surface area contributed by atoms with E-state index >= 15 is 0 Å². The van der Waals surface area contributed by atoms with E-state index in [1.54, 1.807) is 14.0 Å². The lowest BCUT2D eigenvalue weighted by molar-refractivity contribution is 0.0521. The lowest BCUT2D eigenvalue weighted by Gasteiger charge is -2.13. The molecule has 152 valence electrons. The topological polar surface area (TPSA) is 60.6 Å². The number of nitrogens with one attached hydrogen (secondary N) is 1. The number of fused-ring (bicyclic) bond motifs is 1. The van der Waals surface area contributed by atoms with Crippen molar-refractivity contribution in [2.45, 2.75) is 13.5 Å². The van der Waals surface area contributed by atoms with Crippen LogP contribution in [0.5, 0.6) is 11.5 Å². The summed E-state index contributed by atoms with van der Waals surface area (Å²) in [5.74, 6) is 1.12. The van der Waals surface area contributed by atoms with E-state index < -0.39 is 0 Å². The normalized spacial score (nSPS) is 10.7. The first-order valence-corrected chi connectivity index (χ1v) is 9.84. The summed E-state index contributed by atoms with van der Waals surface area (Å²) >= 11 is 0. The van der Waals surface area contributed by atoms with Gasteiger partial charge in [-0.1, -0.05) is 48.5 Å². The third kappa shape index (κ3) is 3.87. The number of aromatic amines is 1. The average molecular weight is 401 g/mol. The molecular formula is C25H23NO4. The first-order valence-electron chi connectivity index (χ1n) is 9.84. The lowest BCUT2D eigenvalue weighted by atomic mass is 10.0. The Balaban J connectivity index is 1.73. The Morgan fingerprint density at radius 1 is 0.933 bits per heavy atom. The molecule has 0 aliphatic rings. The number of ether oxygens (including phenoxy) is 3. The largest absolute Gasteiger partial charge is 0.497 e. The van der Waals surface area contributed by atoms with E-state index in [9.17, 15) is 4.79 Å². The van der Waals surface area contributed by atoms with Crippen LogP contribution < -0.4 is 9.47 Å². The zero-order valence-electron chi connectivity index (χ0n) is 17.0. The summed E-state index contributed by atoms with van der Waals surface area (Å²) in [4.78, 5) is 15.9. The molecule has 1 heterocycles. The minimum absolute atomic E-state index is 0.309. The number of para-hydroxylation sites is 2. The molecule has 0 fully saturated rings. The van der Waals surface area contributed by atoms with Crippen LogP contribution in [0.1, 0.15) is 23.0 Å². The minimum atomic E-state index is -0.381. The second kappa shape index (κ2) is 8.74. The fourth-order valence-corrected chi connectivity index (χ4v) is 3.46. The Bertz CT molecular complexity index is 1160. The highest BCUT2D eigenvalue weighted by molar-refractivity contribution is 6.08. The smallest absolute Gasteiger partial charge is 0.355 e. The summed E-state index contributed by atoms with van der Waals surface area (Å²) in [7, 11) is 1.64. The number of benzene rings is 3. The zero-order chi connectivity index (χ0) is 20.9. The van der Waals surface area contributed by atoms with Gasteiger partial charge in [0.1, 0.15) is 23.8 Å². The zero-order valence-corrected chi connectivity index (χ0v) is 17.0. The first kappa shape index (κ1) is 19.6. The van der Waals surface area contributed by atoms with Crippen LogP contribution in [0, 0.1) is 0 Å². The van der Waals surface area contributed by atoms with Crippen LogP contribution in [0.3, 0.4) is 0 Å². The number of hydrogen-bond donors (Lipinski definition) is 1. The fourth-order valence-electron chi connectivity index (χ4n) is 3.46. The third-order valence-electron chi connectivity index (χ3n) is 4.90. The van der Waals surface area contributed by atoms with Crippen molar-refractivity contribution in [3.8, 4) is 22.6 Å². The van der Waals surface area contributed by atoms with Gasteiger partial charge in [0.05, 0.1) is 13.7 Å². The van der Waals surface area contributed by atoms with Gasteiger partial charge >= 0.3 is 5.97 Å². The Kier molecular flexibility index (Phi) is 5.70. The van der Waals surface area contributed by atoms with Crippen LogP contribution in [0.25, 0.3) is 22.0 Å². The van der Waals surface area contributed by atoms with Crippen molar-refractivity contribution >= 4 is 16.9 Å². The molecule has 0 aliphatic carbocycles. The van der Waals surface area contributed by atoms with Crippen LogP contribution in [0.2, 0.25) is 0 Å². The molecule has 0 bridgehead atoms. The van der Waals surface area contributed by atoms with Gasteiger partial charge in [-0.3, -0.25) is 0 Å². The maximum absolute atomic E-state index is 12.7. The molecule has 0 saturated carbocycles. The standard InChI is InChI=1S/C25H23NO4/c1-3-29-25(27)24-23(19-8-4-6-10-21(19)26-24)20-9-5-7-11-22(20)30-16-17-12-14-18(28-2)15-13-17/h4-15,26H,3,16H2,1-2H3. The van der Waals surface area contributed by atoms with Gasteiger partial charge in [0.2, 0.25) is 0 Å². The van der Waals surface area contributed by atoms with Crippen molar-refractivity contribution < 1.29 is 19.0 Å². The van der Waals surface area contributed by atoms with Crippen LogP contribution in [-0.2, 0) is 11.3 Å². The second-order valence-corrected chi connectivity index (χ2v) is 6.77. The van der Waals surface area contributed by atoms with Gasteiger partial charge in [-0.05, 0) is 36.8 Å². The number of esters is 1. The van der Waals surface area contributed by atoms with Gasteiger partial charge in [0.25, 0.3) is 0 Å². The van der Waals surface area contributed by atoms with Crippen LogP contribution in [0.4, 0.5) is 0 Å². The van der Waals surface area contributed by atoms with E-state index in [1.165, 1.54) is 0 Å². The first-order chi connectivity index (χ1) is 14.7. The number of H-pyrrole nitrogens is 1. The van der Waals surface area contributed by atoms with Gasteiger partial charge in [-0.2, -0.15) is 0 Å². The number of carbonyl (C=O) groups is 1. The van der Waals surface area contributed by atoms with Crippen molar-refractivity contribution in [1.29, 1.82) is 0 Å². The predicted molar refractivity (Wildman–Crippen MR) is 117 cm³/mol. The van der Waals surface area contributed by atoms with Gasteiger partial charge in [-0.15, -0.1) is 0 Å². The van der Waals surface area contributed by atoms with E-state index in [0.717, 1.165) is 33.3 Å². The molecule has 1 aromatic heterocycles. The second-order valence-electron chi connectivity index (χ2n) is 6.77. The molecule has 0 unspecified atom stereocenters. The highest BCUT2D eigenvalue weighted by Crippen LogP contribution is 2.38. The van der Waals surface area contributed by atoms with Crippen molar-refractivity contribution in [3.63, 3.8) is 0 Å². The molecule has 0 spiro atoms. The van der Waals surface area contributed by atoms with E-state index in [4.69, 9.17) is 14.2 Å². The van der Waals surface area contributed by atoms with Crippen molar-refractivity contribution in [2.75, 3.05) is 13.7 Å². The molecule has 0 saturated heterocycles. The molecule has 4 rings (SSSR count). The molecule has 0 atom stereocenters. The molecule has 1 N–H and O–H groups in total. The molecule has 3 aromatic carbocycles. The average Bonchev–Trinajstić information content (AvgIpc) is 3.18. The summed E-state index contributed by atoms with van der Waals surface area (Å²) in [5, 5.41) is 0.945. The van der Waals surface area contributed by atoms with E-state index in [1.807, 2.05) is 72.8 Å². The maximum atomic E-state index is 12.7. The number of aromatic nitrogens is 1. The lowest BCUT2D eigenvalue weighted by Crippen LogP contribution is -2.07. The molecule has 5 nitrogen and oxygen atoms in total. The van der Waals surface area contributed by atoms with Crippen molar-refractivity contribution in [3.05, 3.63) is 84.1 Å². The molecule has 0 amide bonds. The third-order valence-corrected chi connectivity index (χ3v) is 4.90. The van der Waals surface area contributed by atoms with Crippen molar-refractivity contribution in [2.24, 2.45) is 0 Å². The van der Waals surface area contributed by atoms with Gasteiger partial charge < -0.3 is 19.2 Å². The summed E-state index contributed by atoms with van der Waals surface area (Å²) in [6, 6.07) is 23.3. The maximum Gasteiger partial charge on any atom is 0.355 e. The summed E-state index contributed by atoms with van der Waals surface area (Å²) in [5.41, 5.74) is 3.95. The highest BCUT2D eigenvalue weighted by atomic mass is 16.5. The summed E-state index contributed by atoms with van der Waals surface area (Å²) in [6.07, 6.45) is 0. The monoisotopic (exact) mass is 401 g/mol. The van der Waals surface area contributed by atoms with Crippen LogP contribution >= 0.6 is 0 Å². The highest BCUT2D eigenvalue weighted by Gasteiger charge is 2.22. The number of hydrogen-bond acceptors (Lipinski definition) is 4. The molecular weight excluding hydrogens is 378 g/mol. The van der Waals surface area contributed by atoms with Gasteiger partial charge in [-0.25, -0.2) is 4.79 Å². The number of methoxy groups -OCH3 is 1. The predicted octanol–water partition coefficient (Wildman–Crippen LogP) is 5.60. The van der Waals surface area contributed by atoms with E-state index in [2.05, 4.69) is 4.98 Å². The van der Waals surface area contributed by atoms with E-state index in [-0.39, 0.29) is 5.97 Å². The summed E-state index contributed by atoms with van der Waals surface area (Å²) in [6.45, 7) is 2.51. The Labute approximate surface area is 175 Å². The molecule has 4 aromatic rings. The van der Waals surface area contributed by atoms with E-state index in [0.29, 0.717) is 24.7 Å². The minimum Gasteiger partial charge on any atom is -0.497 e. The number of carbonyl (C=O) groups excluding carboxylic acids is 1. The molecule has 0 aliphatic heterocycles. The Hall–Kier alpha value is -3.73.